The Bertz CT molecular complexity index is 376. The molecule has 1 rings (SSSR count). The molecule has 1 nitrogen and oxygen atoms in total. The molecular weight excluding hydrogens is 191 g/mol. The summed E-state index contributed by atoms with van der Waals surface area (Å²) in [5.74, 6) is 4.88. The third-order valence-corrected chi connectivity index (χ3v) is 1.56. The number of rotatable bonds is 1. The van der Waals surface area contributed by atoms with E-state index in [1.165, 1.54) is 12.1 Å². The Morgan fingerprint density at radius 1 is 1.54 bits per heavy atom. The molecule has 0 fully saturated rings. The van der Waals surface area contributed by atoms with Crippen LogP contribution in [0.15, 0.2) is 18.2 Å². The summed E-state index contributed by atoms with van der Waals surface area (Å²) in [7, 11) is 0. The number of halogens is 2. The minimum atomic E-state index is -0.559. The Kier molecular flexibility index (Phi) is 3.48. The number of hydrogen-bond acceptors (Lipinski definition) is 1. The molecule has 3 heteroatoms. The van der Waals surface area contributed by atoms with Gasteiger partial charge in [-0.05, 0) is 18.2 Å². The zero-order valence-corrected chi connectivity index (χ0v) is 7.44. The average Bonchev–Trinajstić information content (AvgIpc) is 2.15. The second-order valence-electron chi connectivity index (χ2n) is 2.29. The first-order chi connectivity index (χ1) is 6.27. The van der Waals surface area contributed by atoms with Crippen LogP contribution in [0.25, 0.3) is 0 Å². The molecule has 0 atom stereocenters. The molecule has 0 aliphatic heterocycles. The fourth-order valence-corrected chi connectivity index (χ4v) is 0.903. The van der Waals surface area contributed by atoms with Crippen molar-refractivity contribution in [1.82, 2.24) is 0 Å². The van der Waals surface area contributed by atoms with Gasteiger partial charge in [-0.25, -0.2) is 4.39 Å². The monoisotopic (exact) mass is 196 g/mol. The largest absolute Gasteiger partial charge is 0.298 e. The van der Waals surface area contributed by atoms with E-state index in [9.17, 15) is 9.18 Å². The second kappa shape index (κ2) is 4.64. The lowest BCUT2D eigenvalue weighted by Gasteiger charge is -1.94. The smallest absolute Gasteiger partial charge is 0.152 e. The van der Waals surface area contributed by atoms with Crippen molar-refractivity contribution in [2.75, 3.05) is 5.88 Å². The molecule has 0 radical (unpaired) electrons. The quantitative estimate of drug-likeness (QED) is 0.383. The van der Waals surface area contributed by atoms with Crippen LogP contribution in [0.4, 0.5) is 4.39 Å². The fourth-order valence-electron chi connectivity index (χ4n) is 0.836. The minimum Gasteiger partial charge on any atom is -0.298 e. The SMILES string of the molecule is O=Cc1ccc(C#CCCl)cc1F. The lowest BCUT2D eigenvalue weighted by molar-refractivity contribution is 0.112. The summed E-state index contributed by atoms with van der Waals surface area (Å²) in [6.45, 7) is 0. The zero-order valence-electron chi connectivity index (χ0n) is 6.68. The number of hydrogen-bond donors (Lipinski definition) is 0. The van der Waals surface area contributed by atoms with E-state index in [4.69, 9.17) is 11.6 Å². The molecule has 0 aromatic heterocycles. The predicted molar refractivity (Wildman–Crippen MR) is 49.4 cm³/mol. The van der Waals surface area contributed by atoms with Gasteiger partial charge < -0.3 is 0 Å². The first-order valence-electron chi connectivity index (χ1n) is 3.57. The van der Waals surface area contributed by atoms with Crippen molar-refractivity contribution in [2.45, 2.75) is 0 Å². The van der Waals surface area contributed by atoms with Gasteiger partial charge in [0.05, 0.1) is 11.4 Å². The first kappa shape index (κ1) is 9.76. The van der Waals surface area contributed by atoms with Gasteiger partial charge in [0.25, 0.3) is 0 Å². The van der Waals surface area contributed by atoms with E-state index in [0.29, 0.717) is 11.8 Å². The fraction of sp³-hybridized carbons (Fsp3) is 0.100. The molecule has 0 aliphatic rings. The van der Waals surface area contributed by atoms with E-state index in [-0.39, 0.29) is 11.4 Å². The van der Waals surface area contributed by atoms with Crippen molar-refractivity contribution in [3.05, 3.63) is 35.1 Å². The molecule has 1 aromatic carbocycles. The highest BCUT2D eigenvalue weighted by Gasteiger charge is 1.99. The highest BCUT2D eigenvalue weighted by atomic mass is 35.5. The lowest BCUT2D eigenvalue weighted by atomic mass is 10.1. The molecule has 66 valence electrons. The van der Waals surface area contributed by atoms with Gasteiger partial charge >= 0.3 is 0 Å². The molecule has 0 unspecified atom stereocenters. The molecule has 0 bridgehead atoms. The topological polar surface area (TPSA) is 17.1 Å². The minimum absolute atomic E-state index is 0.0384. The maximum Gasteiger partial charge on any atom is 0.152 e. The Balaban J connectivity index is 3.02. The number of carbonyl (C=O) groups is 1. The van der Waals surface area contributed by atoms with Crippen LogP contribution in [0, 0.1) is 17.7 Å². The lowest BCUT2D eigenvalue weighted by Crippen LogP contribution is -1.88. The van der Waals surface area contributed by atoms with E-state index >= 15 is 0 Å². The molecule has 0 N–H and O–H groups in total. The van der Waals surface area contributed by atoms with Gasteiger partial charge in [-0.15, -0.1) is 11.6 Å². The summed E-state index contributed by atoms with van der Waals surface area (Å²) < 4.78 is 12.9. The Labute approximate surface area is 80.5 Å². The molecular formula is C10H6ClFO. The van der Waals surface area contributed by atoms with Crippen LogP contribution < -0.4 is 0 Å². The van der Waals surface area contributed by atoms with Crippen molar-refractivity contribution in [3.8, 4) is 11.8 Å². The van der Waals surface area contributed by atoms with Crippen LogP contribution in [0.1, 0.15) is 15.9 Å². The molecule has 0 saturated carbocycles. The molecule has 13 heavy (non-hydrogen) atoms. The van der Waals surface area contributed by atoms with Gasteiger partial charge in [0.15, 0.2) is 6.29 Å². The zero-order chi connectivity index (χ0) is 9.68. The summed E-state index contributed by atoms with van der Waals surface area (Å²) in [5, 5.41) is 0. The van der Waals surface area contributed by atoms with Gasteiger partial charge in [-0.2, -0.15) is 0 Å². The molecule has 1 aromatic rings. The number of benzene rings is 1. The van der Waals surface area contributed by atoms with Crippen LogP contribution in [0.3, 0.4) is 0 Å². The van der Waals surface area contributed by atoms with E-state index in [0.717, 1.165) is 0 Å². The standard InChI is InChI=1S/C10H6ClFO/c11-5-1-2-8-3-4-9(7-13)10(12)6-8/h3-4,6-7H,5H2. The van der Waals surface area contributed by atoms with Crippen LogP contribution in [0.5, 0.6) is 0 Å². The van der Waals surface area contributed by atoms with E-state index in [1.54, 1.807) is 6.07 Å². The van der Waals surface area contributed by atoms with Crippen LogP contribution >= 0.6 is 11.6 Å². The summed E-state index contributed by atoms with van der Waals surface area (Å²) in [6.07, 6.45) is 0.466. The predicted octanol–water partition coefficient (Wildman–Crippen LogP) is 2.23. The van der Waals surface area contributed by atoms with E-state index < -0.39 is 5.82 Å². The summed E-state index contributed by atoms with van der Waals surface area (Å²) in [4.78, 5) is 10.3. The van der Waals surface area contributed by atoms with Crippen LogP contribution in [0.2, 0.25) is 0 Å². The number of aldehydes is 1. The maximum atomic E-state index is 12.9. The third kappa shape index (κ3) is 2.57. The Morgan fingerprint density at radius 2 is 2.31 bits per heavy atom. The third-order valence-electron chi connectivity index (χ3n) is 1.43. The number of alkyl halides is 1. The van der Waals surface area contributed by atoms with E-state index in [2.05, 4.69) is 11.8 Å². The Hall–Kier alpha value is -1.33. The van der Waals surface area contributed by atoms with Crippen molar-refractivity contribution < 1.29 is 9.18 Å². The van der Waals surface area contributed by atoms with Gasteiger partial charge in [0, 0.05) is 5.56 Å². The summed E-state index contributed by atoms with van der Waals surface area (Å²) in [6, 6.07) is 4.18. The van der Waals surface area contributed by atoms with Crippen LogP contribution in [-0.2, 0) is 0 Å². The second-order valence-corrected chi connectivity index (χ2v) is 2.56. The average molecular weight is 197 g/mol. The van der Waals surface area contributed by atoms with E-state index in [1.807, 2.05) is 0 Å². The van der Waals surface area contributed by atoms with Crippen molar-refractivity contribution in [3.63, 3.8) is 0 Å². The van der Waals surface area contributed by atoms with Crippen LogP contribution in [-0.4, -0.2) is 12.2 Å². The molecule has 0 saturated heterocycles. The Morgan fingerprint density at radius 3 is 2.85 bits per heavy atom. The van der Waals surface area contributed by atoms with Crippen molar-refractivity contribution in [1.29, 1.82) is 0 Å². The summed E-state index contributed by atoms with van der Waals surface area (Å²) >= 11 is 5.33. The first-order valence-corrected chi connectivity index (χ1v) is 4.11. The molecule has 0 amide bonds. The van der Waals surface area contributed by atoms with Gasteiger partial charge in [-0.1, -0.05) is 11.8 Å². The summed E-state index contributed by atoms with van der Waals surface area (Å²) in [5.41, 5.74) is 0.556. The van der Waals surface area contributed by atoms with Gasteiger partial charge in [0.2, 0.25) is 0 Å². The number of carbonyl (C=O) groups excluding carboxylic acids is 1. The highest BCUT2D eigenvalue weighted by molar-refractivity contribution is 6.19. The normalized spacial score (nSPS) is 8.77. The van der Waals surface area contributed by atoms with Crippen molar-refractivity contribution in [2.24, 2.45) is 0 Å². The molecule has 0 heterocycles. The molecule has 0 aliphatic carbocycles. The maximum absolute atomic E-state index is 12.9. The highest BCUT2D eigenvalue weighted by Crippen LogP contribution is 2.07. The molecule has 0 spiro atoms. The van der Waals surface area contributed by atoms with Gasteiger partial charge in [0.1, 0.15) is 5.82 Å². The van der Waals surface area contributed by atoms with Crippen molar-refractivity contribution >= 4 is 17.9 Å². The van der Waals surface area contributed by atoms with Gasteiger partial charge in [-0.3, -0.25) is 4.79 Å².